The van der Waals surface area contributed by atoms with E-state index in [1.807, 2.05) is 48.5 Å². The van der Waals surface area contributed by atoms with Crippen molar-refractivity contribution >= 4 is 18.4 Å². The van der Waals surface area contributed by atoms with Gasteiger partial charge in [-0.1, -0.05) is 68.1 Å². The molecule has 0 saturated heterocycles. The normalized spacial score (nSPS) is 12.3. The molecule has 13 nitrogen and oxygen atoms in total. The Balaban J connectivity index is 0. The first kappa shape index (κ1) is 47.4. The van der Waals surface area contributed by atoms with Gasteiger partial charge in [-0.2, -0.15) is 0 Å². The van der Waals surface area contributed by atoms with E-state index in [0.29, 0.717) is 13.1 Å². The molecule has 2 aromatic carbocycles. The highest BCUT2D eigenvalue weighted by atomic mass is 16.8. The highest BCUT2D eigenvalue weighted by Gasteiger charge is 2.25. The number of amides is 1. The molecule has 0 heterocycles. The van der Waals surface area contributed by atoms with E-state index in [4.69, 9.17) is 24.4 Å². The zero-order valence-corrected chi connectivity index (χ0v) is 29.8. The summed E-state index contributed by atoms with van der Waals surface area (Å²) >= 11 is 0. The number of ether oxygens (including phenoxy) is 4. The van der Waals surface area contributed by atoms with Crippen molar-refractivity contribution in [3.63, 3.8) is 0 Å². The summed E-state index contributed by atoms with van der Waals surface area (Å²) in [4.78, 5) is 35.3. The molecule has 2 rings (SSSR count). The van der Waals surface area contributed by atoms with Crippen LogP contribution in [0.25, 0.3) is 0 Å². The summed E-state index contributed by atoms with van der Waals surface area (Å²) in [7, 11) is 0. The van der Waals surface area contributed by atoms with E-state index in [2.05, 4.69) is 10.1 Å². The average Bonchev–Trinajstić information content (AvgIpc) is 2.95. The molecule has 2 atom stereocenters. The van der Waals surface area contributed by atoms with Crippen molar-refractivity contribution in [3.05, 3.63) is 71.8 Å². The Hall–Kier alpha value is -3.75. The minimum atomic E-state index is -1.06. The van der Waals surface area contributed by atoms with Crippen molar-refractivity contribution in [2.45, 2.75) is 98.8 Å². The van der Waals surface area contributed by atoms with Crippen molar-refractivity contribution in [2.75, 3.05) is 39.4 Å². The molecule has 13 heteroatoms. The van der Waals surface area contributed by atoms with E-state index in [-0.39, 0.29) is 33.7 Å². The number of benzene rings is 2. The SMILES string of the molecule is C.CC(C)(C)OC(=O)N(CCO)C[C@@H](O)c1ccccc1.CC(C)(C)OC(=O)OC(=O)OC(C)(C)C.OCCNC[C@@H](O)c1ccccc1. The second-order valence-electron chi connectivity index (χ2n) is 13.5. The van der Waals surface area contributed by atoms with E-state index in [9.17, 15) is 24.6 Å². The van der Waals surface area contributed by atoms with E-state index in [0.717, 1.165) is 11.1 Å². The van der Waals surface area contributed by atoms with Crippen LogP contribution in [0.15, 0.2) is 60.7 Å². The van der Waals surface area contributed by atoms with Crippen molar-refractivity contribution < 1.29 is 53.8 Å². The molecule has 0 saturated carbocycles. The Morgan fingerprint density at radius 3 is 1.45 bits per heavy atom. The van der Waals surface area contributed by atoms with Crippen LogP contribution >= 0.6 is 0 Å². The van der Waals surface area contributed by atoms with Gasteiger partial charge < -0.3 is 49.6 Å². The largest absolute Gasteiger partial charge is 0.519 e. The van der Waals surface area contributed by atoms with Gasteiger partial charge in [-0.25, -0.2) is 14.4 Å². The number of hydrogen-bond donors (Lipinski definition) is 5. The summed E-state index contributed by atoms with van der Waals surface area (Å²) in [5, 5.41) is 40.2. The van der Waals surface area contributed by atoms with Crippen LogP contribution in [0.5, 0.6) is 0 Å². The monoisotopic (exact) mass is 696 g/mol. The van der Waals surface area contributed by atoms with Crippen LogP contribution in [0.4, 0.5) is 14.4 Å². The molecule has 0 aliphatic rings. The van der Waals surface area contributed by atoms with Crippen molar-refractivity contribution in [1.29, 1.82) is 0 Å². The van der Waals surface area contributed by atoms with E-state index >= 15 is 0 Å². The number of carbonyl (C=O) groups is 3. The van der Waals surface area contributed by atoms with Gasteiger partial charge in [-0.15, -0.1) is 0 Å². The van der Waals surface area contributed by atoms with Crippen LogP contribution in [0.1, 0.15) is 93.1 Å². The smallest absolute Gasteiger partial charge is 0.444 e. The minimum absolute atomic E-state index is 0. The summed E-state index contributed by atoms with van der Waals surface area (Å²) in [6.45, 7) is 16.5. The molecule has 1 amide bonds. The predicted octanol–water partition coefficient (Wildman–Crippen LogP) is 5.76. The summed E-state index contributed by atoms with van der Waals surface area (Å²) in [6, 6.07) is 18.5. The minimum Gasteiger partial charge on any atom is -0.444 e. The Labute approximate surface area is 292 Å². The quantitative estimate of drug-likeness (QED) is 0.0877. The Morgan fingerprint density at radius 1 is 0.673 bits per heavy atom. The highest BCUT2D eigenvalue weighted by Crippen LogP contribution is 2.17. The molecule has 0 fully saturated rings. The molecular formula is C36H60N2O11. The lowest BCUT2D eigenvalue weighted by atomic mass is 10.1. The Morgan fingerprint density at radius 2 is 1.08 bits per heavy atom. The van der Waals surface area contributed by atoms with Gasteiger partial charge in [0, 0.05) is 19.6 Å². The molecular weight excluding hydrogens is 636 g/mol. The third-order valence-electron chi connectivity index (χ3n) is 5.36. The van der Waals surface area contributed by atoms with Crippen LogP contribution < -0.4 is 5.32 Å². The van der Waals surface area contributed by atoms with Gasteiger partial charge in [-0.05, 0) is 73.4 Å². The summed E-state index contributed by atoms with van der Waals surface area (Å²) in [5.41, 5.74) is -0.382. The third kappa shape index (κ3) is 25.9. The second-order valence-corrected chi connectivity index (χ2v) is 13.5. The van der Waals surface area contributed by atoms with Crippen molar-refractivity contribution in [1.82, 2.24) is 10.2 Å². The average molecular weight is 697 g/mol. The lowest BCUT2D eigenvalue weighted by Crippen LogP contribution is -2.40. The van der Waals surface area contributed by atoms with Gasteiger partial charge in [0.05, 0.1) is 32.0 Å². The third-order valence-corrected chi connectivity index (χ3v) is 5.36. The van der Waals surface area contributed by atoms with Crippen LogP contribution in [0.2, 0.25) is 0 Å². The molecule has 0 aliphatic heterocycles. The number of rotatable bonds is 10. The predicted molar refractivity (Wildman–Crippen MR) is 188 cm³/mol. The van der Waals surface area contributed by atoms with E-state index in [1.54, 1.807) is 74.4 Å². The van der Waals surface area contributed by atoms with Gasteiger partial charge >= 0.3 is 18.4 Å². The van der Waals surface area contributed by atoms with E-state index in [1.165, 1.54) is 4.90 Å². The number of aliphatic hydroxyl groups excluding tert-OH is 4. The molecule has 280 valence electrons. The molecule has 5 N–H and O–H groups in total. The van der Waals surface area contributed by atoms with E-state index < -0.39 is 47.4 Å². The standard InChI is InChI=1S/C15H23NO4.C10H15NO2.C10H18O5.CH4/c1-15(2,3)20-14(19)16(9-10-17)11-13(18)12-7-5-4-6-8-12;12-7-6-11-8-10(13)9-4-2-1-3-5-9;1-9(2,3)14-7(11)13-8(12)15-10(4,5)6;/h4-8,13,17-18H,9-11H2,1-3H3;1-5,10-13H,6-8H2;1-6H3;1H4/t13-;10-;;/m11../s1. The first-order chi connectivity index (χ1) is 22.2. The van der Waals surface area contributed by atoms with Gasteiger partial charge in [0.25, 0.3) is 0 Å². The summed E-state index contributed by atoms with van der Waals surface area (Å²) in [6.07, 6.45) is -3.96. The summed E-state index contributed by atoms with van der Waals surface area (Å²) in [5.74, 6) is 0. The van der Waals surface area contributed by atoms with Crippen molar-refractivity contribution in [2.24, 2.45) is 0 Å². The number of aliphatic hydroxyl groups is 4. The fourth-order valence-corrected chi connectivity index (χ4v) is 3.41. The fourth-order valence-electron chi connectivity index (χ4n) is 3.41. The number of nitrogens with one attached hydrogen (secondary N) is 1. The maximum absolute atomic E-state index is 12.0. The number of nitrogens with zero attached hydrogens (tertiary/aromatic N) is 1. The van der Waals surface area contributed by atoms with Crippen molar-refractivity contribution in [3.8, 4) is 0 Å². The molecule has 0 bridgehead atoms. The van der Waals surface area contributed by atoms with Gasteiger partial charge in [0.1, 0.15) is 16.8 Å². The first-order valence-electron chi connectivity index (χ1n) is 15.7. The van der Waals surface area contributed by atoms with Gasteiger partial charge in [-0.3, -0.25) is 0 Å². The van der Waals surface area contributed by atoms with Crippen LogP contribution in [0.3, 0.4) is 0 Å². The molecule has 0 aromatic heterocycles. The maximum Gasteiger partial charge on any atom is 0.519 e. The molecule has 0 aliphatic carbocycles. The Kier molecular flexibility index (Phi) is 22.8. The molecule has 0 unspecified atom stereocenters. The molecule has 2 aromatic rings. The van der Waals surface area contributed by atoms with Crippen LogP contribution in [-0.2, 0) is 18.9 Å². The molecule has 49 heavy (non-hydrogen) atoms. The summed E-state index contributed by atoms with van der Waals surface area (Å²) < 4.78 is 19.1. The van der Waals surface area contributed by atoms with Gasteiger partial charge in [0.15, 0.2) is 0 Å². The zero-order valence-electron chi connectivity index (χ0n) is 29.8. The van der Waals surface area contributed by atoms with Crippen LogP contribution in [-0.4, -0.2) is 99.9 Å². The topological polar surface area (TPSA) is 184 Å². The first-order valence-corrected chi connectivity index (χ1v) is 15.7. The maximum atomic E-state index is 12.0. The molecule has 0 spiro atoms. The molecule has 0 radical (unpaired) electrons. The fraction of sp³-hybridized carbons (Fsp3) is 0.583. The number of carbonyl (C=O) groups excluding carboxylic acids is 3. The Bertz CT molecular complexity index is 1150. The zero-order chi connectivity index (χ0) is 37.0. The highest BCUT2D eigenvalue weighted by molar-refractivity contribution is 5.77. The lowest BCUT2D eigenvalue weighted by Gasteiger charge is -2.28. The second kappa shape index (κ2) is 23.6. The van der Waals surface area contributed by atoms with Gasteiger partial charge in [0.2, 0.25) is 0 Å². The number of hydrogen-bond acceptors (Lipinski definition) is 12. The lowest BCUT2D eigenvalue weighted by molar-refractivity contribution is -0.0294. The van der Waals surface area contributed by atoms with Crippen LogP contribution in [0, 0.1) is 0 Å².